The molecule has 1 N–H and O–H groups in total. The quantitative estimate of drug-likeness (QED) is 0.788. The normalized spacial score (nSPS) is 21.2. The lowest BCUT2D eigenvalue weighted by Gasteiger charge is -2.25. The highest BCUT2D eigenvalue weighted by Gasteiger charge is 2.22. The maximum Gasteiger partial charge on any atom is 0.163 e. The van der Waals surface area contributed by atoms with E-state index in [-0.39, 0.29) is 11.9 Å². The molecular weight excluding hydrogens is 348 g/mol. The Morgan fingerprint density at radius 3 is 2.39 bits per heavy atom. The number of rotatable bonds is 3. The van der Waals surface area contributed by atoms with E-state index in [0.29, 0.717) is 17.3 Å². The summed E-state index contributed by atoms with van der Waals surface area (Å²) in [5, 5.41) is 9.69. The standard InChI is InChI=1S/C14H20N2O2.C10H12/c1-9(17)13-8-15-10(2)16-14(13)7-11-4-3-5-12(18)6-11;1-2-6-10-8-4-3-7-9(10)5-1/h8,11-12,18H,3-7H2,1-2H3;1-2,5-6H,3-4,7-8H2/t11-,12+;/m1./s1. The van der Waals surface area contributed by atoms with E-state index < -0.39 is 0 Å². The monoisotopic (exact) mass is 380 g/mol. The summed E-state index contributed by atoms with van der Waals surface area (Å²) in [6, 6.07) is 8.80. The van der Waals surface area contributed by atoms with Gasteiger partial charge in [0.25, 0.3) is 0 Å². The van der Waals surface area contributed by atoms with Crippen LogP contribution in [0.1, 0.15) is 78.5 Å². The van der Waals surface area contributed by atoms with E-state index in [2.05, 4.69) is 34.2 Å². The van der Waals surface area contributed by atoms with Crippen LogP contribution in [0.2, 0.25) is 0 Å². The molecule has 28 heavy (non-hydrogen) atoms. The third kappa shape index (κ3) is 5.71. The van der Waals surface area contributed by atoms with Crippen molar-refractivity contribution in [2.75, 3.05) is 0 Å². The van der Waals surface area contributed by atoms with Gasteiger partial charge in [-0.05, 0) is 82.3 Å². The Hall–Kier alpha value is -2.07. The van der Waals surface area contributed by atoms with Gasteiger partial charge in [-0.3, -0.25) is 4.79 Å². The Labute approximate surface area is 168 Å². The van der Waals surface area contributed by atoms with Crippen LogP contribution in [0, 0.1) is 12.8 Å². The number of hydrogen-bond acceptors (Lipinski definition) is 4. The number of fused-ring (bicyclic) bond motifs is 1. The summed E-state index contributed by atoms with van der Waals surface area (Å²) in [7, 11) is 0. The van der Waals surface area contributed by atoms with Crippen molar-refractivity contribution in [3.8, 4) is 0 Å². The van der Waals surface area contributed by atoms with Crippen molar-refractivity contribution in [1.29, 1.82) is 0 Å². The SMILES string of the molecule is CC(=O)c1cnc(C)nc1C[C@@H]1CCC[C@H](O)C1.c1ccc2c(c1)CCCC2. The molecule has 1 fully saturated rings. The first-order valence-corrected chi connectivity index (χ1v) is 10.6. The number of hydrogen-bond donors (Lipinski definition) is 1. The van der Waals surface area contributed by atoms with Gasteiger partial charge in [0.1, 0.15) is 5.82 Å². The van der Waals surface area contributed by atoms with Gasteiger partial charge in [0.05, 0.1) is 17.4 Å². The van der Waals surface area contributed by atoms with Gasteiger partial charge in [0.15, 0.2) is 5.78 Å². The molecule has 4 rings (SSSR count). The summed E-state index contributed by atoms with van der Waals surface area (Å²) in [4.78, 5) is 20.0. The maximum absolute atomic E-state index is 11.6. The van der Waals surface area contributed by atoms with Crippen molar-refractivity contribution in [3.63, 3.8) is 0 Å². The maximum atomic E-state index is 11.6. The summed E-state index contributed by atoms with van der Waals surface area (Å²) in [5.41, 5.74) is 4.62. The van der Waals surface area contributed by atoms with Gasteiger partial charge in [-0.2, -0.15) is 0 Å². The van der Waals surface area contributed by atoms with Crippen molar-refractivity contribution in [2.45, 2.75) is 77.7 Å². The molecule has 2 aromatic rings. The highest BCUT2D eigenvalue weighted by molar-refractivity contribution is 5.94. The number of aliphatic hydroxyl groups is 1. The molecule has 0 spiro atoms. The fourth-order valence-corrected chi connectivity index (χ4v) is 4.36. The molecule has 2 aliphatic carbocycles. The second-order valence-corrected chi connectivity index (χ2v) is 8.20. The van der Waals surface area contributed by atoms with Crippen LogP contribution in [0.15, 0.2) is 30.5 Å². The number of nitrogens with zero attached hydrogens (tertiary/aromatic N) is 2. The molecular formula is C24H32N2O2. The Morgan fingerprint density at radius 2 is 1.79 bits per heavy atom. The van der Waals surface area contributed by atoms with Crippen LogP contribution in [-0.2, 0) is 19.3 Å². The van der Waals surface area contributed by atoms with Crippen LogP contribution in [0.5, 0.6) is 0 Å². The molecule has 0 unspecified atom stereocenters. The zero-order valence-electron chi connectivity index (χ0n) is 17.2. The van der Waals surface area contributed by atoms with Crippen molar-refractivity contribution in [1.82, 2.24) is 9.97 Å². The predicted octanol–water partition coefficient (Wildman–Crippen LogP) is 4.65. The van der Waals surface area contributed by atoms with E-state index in [1.54, 1.807) is 24.2 Å². The van der Waals surface area contributed by atoms with Crippen molar-refractivity contribution in [2.24, 2.45) is 5.92 Å². The summed E-state index contributed by atoms with van der Waals surface area (Å²) in [5.74, 6) is 1.15. The number of carbonyl (C=O) groups excluding carboxylic acids is 1. The largest absolute Gasteiger partial charge is 0.393 e. The molecule has 2 aliphatic rings. The third-order valence-corrected chi connectivity index (χ3v) is 5.87. The molecule has 1 aromatic carbocycles. The van der Waals surface area contributed by atoms with E-state index >= 15 is 0 Å². The number of benzene rings is 1. The second-order valence-electron chi connectivity index (χ2n) is 8.20. The van der Waals surface area contributed by atoms with Gasteiger partial charge in [-0.15, -0.1) is 0 Å². The molecule has 1 saturated carbocycles. The number of aromatic nitrogens is 2. The first-order valence-electron chi connectivity index (χ1n) is 10.6. The first-order chi connectivity index (χ1) is 13.5. The molecule has 0 aliphatic heterocycles. The number of aryl methyl sites for hydroxylation is 3. The lowest BCUT2D eigenvalue weighted by Crippen LogP contribution is -2.22. The van der Waals surface area contributed by atoms with Gasteiger partial charge in [0, 0.05) is 6.20 Å². The second kappa shape index (κ2) is 9.92. The zero-order valence-corrected chi connectivity index (χ0v) is 17.2. The van der Waals surface area contributed by atoms with Crippen molar-refractivity contribution < 1.29 is 9.90 Å². The average Bonchev–Trinajstić information content (AvgIpc) is 2.68. The fourth-order valence-electron chi connectivity index (χ4n) is 4.36. The minimum absolute atomic E-state index is 0.0151. The van der Waals surface area contributed by atoms with Crippen LogP contribution >= 0.6 is 0 Å². The molecule has 0 bridgehead atoms. The summed E-state index contributed by atoms with van der Waals surface area (Å²) < 4.78 is 0. The van der Waals surface area contributed by atoms with Crippen LogP contribution in [-0.4, -0.2) is 27.0 Å². The molecule has 150 valence electrons. The molecule has 2 atom stereocenters. The molecule has 1 heterocycles. The lowest BCUT2D eigenvalue weighted by atomic mass is 9.83. The molecule has 0 radical (unpaired) electrons. The molecule has 0 amide bonds. The average molecular weight is 381 g/mol. The lowest BCUT2D eigenvalue weighted by molar-refractivity contribution is 0.0994. The summed E-state index contributed by atoms with van der Waals surface area (Å²) in [6.45, 7) is 3.39. The van der Waals surface area contributed by atoms with Gasteiger partial charge in [0.2, 0.25) is 0 Å². The van der Waals surface area contributed by atoms with Gasteiger partial charge >= 0.3 is 0 Å². The Kier molecular flexibility index (Phi) is 7.32. The third-order valence-electron chi connectivity index (χ3n) is 5.87. The first kappa shape index (κ1) is 20.7. The highest BCUT2D eigenvalue weighted by atomic mass is 16.3. The van der Waals surface area contributed by atoms with Crippen molar-refractivity contribution in [3.05, 3.63) is 58.7 Å². The highest BCUT2D eigenvalue weighted by Crippen LogP contribution is 2.27. The molecule has 0 saturated heterocycles. The topological polar surface area (TPSA) is 63.1 Å². The smallest absolute Gasteiger partial charge is 0.163 e. The van der Waals surface area contributed by atoms with Gasteiger partial charge < -0.3 is 5.11 Å². The molecule has 4 nitrogen and oxygen atoms in total. The zero-order chi connectivity index (χ0) is 19.9. The van der Waals surface area contributed by atoms with Crippen LogP contribution < -0.4 is 0 Å². The molecule has 1 aromatic heterocycles. The van der Waals surface area contributed by atoms with E-state index in [1.165, 1.54) is 25.7 Å². The molecule has 4 heteroatoms. The number of aliphatic hydroxyl groups excluding tert-OH is 1. The minimum atomic E-state index is -0.188. The predicted molar refractivity (Wildman–Crippen MR) is 112 cm³/mol. The van der Waals surface area contributed by atoms with E-state index in [9.17, 15) is 9.90 Å². The van der Waals surface area contributed by atoms with Gasteiger partial charge in [-0.1, -0.05) is 30.7 Å². The van der Waals surface area contributed by atoms with Crippen LogP contribution in [0.3, 0.4) is 0 Å². The van der Waals surface area contributed by atoms with E-state index in [1.807, 2.05) is 6.92 Å². The van der Waals surface area contributed by atoms with Gasteiger partial charge in [-0.25, -0.2) is 9.97 Å². The van der Waals surface area contributed by atoms with E-state index in [0.717, 1.165) is 37.8 Å². The Bertz CT molecular complexity index is 778. The fraction of sp³-hybridized carbons (Fsp3) is 0.542. The number of ketones is 1. The van der Waals surface area contributed by atoms with Crippen LogP contribution in [0.4, 0.5) is 0 Å². The van der Waals surface area contributed by atoms with Crippen molar-refractivity contribution >= 4 is 5.78 Å². The Balaban J connectivity index is 0.000000188. The Morgan fingerprint density at radius 1 is 1.11 bits per heavy atom. The number of carbonyl (C=O) groups is 1. The number of Topliss-reactive ketones (excluding diaryl/α,β-unsaturated/α-hetero) is 1. The summed E-state index contributed by atoms with van der Waals surface area (Å²) >= 11 is 0. The van der Waals surface area contributed by atoms with Crippen LogP contribution in [0.25, 0.3) is 0 Å². The van der Waals surface area contributed by atoms with E-state index in [4.69, 9.17) is 0 Å². The minimum Gasteiger partial charge on any atom is -0.393 e. The summed E-state index contributed by atoms with van der Waals surface area (Å²) in [6.07, 6.45) is 11.5.